The lowest BCUT2D eigenvalue weighted by molar-refractivity contribution is -0.132. The second kappa shape index (κ2) is 6.34. The van der Waals surface area contributed by atoms with Gasteiger partial charge >= 0.3 is 5.97 Å². The summed E-state index contributed by atoms with van der Waals surface area (Å²) in [7, 11) is 2.03. The molecule has 1 aliphatic heterocycles. The van der Waals surface area contributed by atoms with Crippen LogP contribution < -0.4 is 0 Å². The van der Waals surface area contributed by atoms with E-state index in [-0.39, 0.29) is 22.6 Å². The number of hydrogen-bond donors (Lipinski definition) is 1. The van der Waals surface area contributed by atoms with Gasteiger partial charge in [-0.05, 0) is 7.05 Å². The van der Waals surface area contributed by atoms with Gasteiger partial charge in [-0.3, -0.25) is 4.79 Å². The SMILES string of the molecule is CN1CCN(C(=O)Cc2nc(C(C)(C)C)sc2C(=O)O)CC1. The second-order valence-corrected chi connectivity index (χ2v) is 7.71. The highest BCUT2D eigenvalue weighted by atomic mass is 32.1. The lowest BCUT2D eigenvalue weighted by atomic mass is 9.98. The number of piperazine rings is 1. The van der Waals surface area contributed by atoms with Gasteiger partial charge in [0.05, 0.1) is 17.1 Å². The molecule has 1 aromatic rings. The zero-order chi connectivity index (χ0) is 16.5. The fraction of sp³-hybridized carbons (Fsp3) is 0.667. The molecular formula is C15H23N3O3S. The van der Waals surface area contributed by atoms with E-state index < -0.39 is 5.97 Å². The molecule has 1 aliphatic rings. The maximum atomic E-state index is 12.4. The second-order valence-electron chi connectivity index (χ2n) is 6.71. The summed E-state index contributed by atoms with van der Waals surface area (Å²) in [5, 5.41) is 10.1. The van der Waals surface area contributed by atoms with Crippen molar-refractivity contribution in [2.45, 2.75) is 32.6 Å². The zero-order valence-electron chi connectivity index (χ0n) is 13.5. The summed E-state index contributed by atoms with van der Waals surface area (Å²) in [5.41, 5.74) is 0.177. The summed E-state index contributed by atoms with van der Waals surface area (Å²) in [6.45, 7) is 9.04. The molecule has 7 heteroatoms. The van der Waals surface area contributed by atoms with Crippen molar-refractivity contribution in [2.75, 3.05) is 33.2 Å². The molecule has 0 aliphatic carbocycles. The van der Waals surface area contributed by atoms with E-state index in [1.165, 1.54) is 11.3 Å². The van der Waals surface area contributed by atoms with E-state index in [1.807, 2.05) is 27.8 Å². The number of rotatable bonds is 3. The van der Waals surface area contributed by atoms with E-state index >= 15 is 0 Å². The smallest absolute Gasteiger partial charge is 0.347 e. The van der Waals surface area contributed by atoms with Gasteiger partial charge < -0.3 is 14.9 Å². The Morgan fingerprint density at radius 1 is 1.23 bits per heavy atom. The van der Waals surface area contributed by atoms with Crippen LogP contribution in [0.3, 0.4) is 0 Å². The first-order valence-electron chi connectivity index (χ1n) is 7.38. The summed E-state index contributed by atoms with van der Waals surface area (Å²) in [4.78, 5) is 32.4. The molecule has 0 atom stereocenters. The number of aromatic carboxylic acids is 1. The number of carboxylic acid groups (broad SMARTS) is 1. The Morgan fingerprint density at radius 2 is 1.82 bits per heavy atom. The van der Waals surface area contributed by atoms with Gasteiger partial charge in [-0.25, -0.2) is 9.78 Å². The molecule has 1 N–H and O–H groups in total. The highest BCUT2D eigenvalue weighted by Crippen LogP contribution is 2.30. The number of carbonyl (C=O) groups excluding carboxylic acids is 1. The van der Waals surface area contributed by atoms with Crippen LogP contribution in [0.5, 0.6) is 0 Å². The summed E-state index contributed by atoms with van der Waals surface area (Å²) in [5.74, 6) is -1.05. The minimum absolute atomic E-state index is 0.0404. The summed E-state index contributed by atoms with van der Waals surface area (Å²) in [6.07, 6.45) is 0.0674. The molecule has 1 fully saturated rings. The number of amides is 1. The van der Waals surface area contributed by atoms with Crippen LogP contribution in [0, 0.1) is 0 Å². The molecule has 122 valence electrons. The standard InChI is InChI=1S/C15H23N3O3S/c1-15(2,3)14-16-10(12(22-14)13(20)21)9-11(19)18-7-5-17(4)6-8-18/h5-9H2,1-4H3,(H,20,21). The van der Waals surface area contributed by atoms with Crippen molar-refractivity contribution in [3.63, 3.8) is 0 Å². The van der Waals surface area contributed by atoms with Gasteiger partial charge in [-0.2, -0.15) is 0 Å². The topological polar surface area (TPSA) is 73.7 Å². The van der Waals surface area contributed by atoms with Crippen LogP contribution in [0.15, 0.2) is 0 Å². The molecule has 1 aromatic heterocycles. The molecule has 1 amide bonds. The minimum atomic E-state index is -1.01. The Bertz CT molecular complexity index is 569. The van der Waals surface area contributed by atoms with E-state index in [0.29, 0.717) is 18.8 Å². The Labute approximate surface area is 134 Å². The van der Waals surface area contributed by atoms with E-state index in [2.05, 4.69) is 9.88 Å². The van der Waals surface area contributed by atoms with Crippen molar-refractivity contribution < 1.29 is 14.7 Å². The van der Waals surface area contributed by atoms with Crippen LogP contribution in [0.2, 0.25) is 0 Å². The van der Waals surface area contributed by atoms with Gasteiger partial charge in [-0.1, -0.05) is 20.8 Å². The van der Waals surface area contributed by atoms with Crippen molar-refractivity contribution >= 4 is 23.2 Å². The summed E-state index contributed by atoms with van der Waals surface area (Å²) < 4.78 is 0. The Balaban J connectivity index is 2.16. The molecule has 0 spiro atoms. The monoisotopic (exact) mass is 325 g/mol. The third-order valence-electron chi connectivity index (χ3n) is 3.71. The Morgan fingerprint density at radius 3 is 2.32 bits per heavy atom. The Hall–Kier alpha value is -1.47. The normalized spacial score (nSPS) is 16.8. The Kier molecular flexibility index (Phi) is 4.87. The van der Waals surface area contributed by atoms with Crippen molar-refractivity contribution in [2.24, 2.45) is 0 Å². The van der Waals surface area contributed by atoms with Crippen LogP contribution in [-0.4, -0.2) is 65.0 Å². The highest BCUT2D eigenvalue weighted by Gasteiger charge is 2.27. The molecule has 1 saturated heterocycles. The van der Waals surface area contributed by atoms with Gasteiger partial charge in [0.15, 0.2) is 0 Å². The first-order valence-corrected chi connectivity index (χ1v) is 8.20. The van der Waals surface area contributed by atoms with E-state index in [1.54, 1.807) is 4.90 Å². The lowest BCUT2D eigenvalue weighted by Crippen LogP contribution is -2.47. The molecule has 2 heterocycles. The number of hydrogen-bond acceptors (Lipinski definition) is 5. The van der Waals surface area contributed by atoms with Crippen molar-refractivity contribution in [1.29, 1.82) is 0 Å². The number of thiazole rings is 1. The third kappa shape index (κ3) is 3.84. The van der Waals surface area contributed by atoms with Crippen LogP contribution in [0.25, 0.3) is 0 Å². The number of likely N-dealkylation sites (N-methyl/N-ethyl adjacent to an activating group) is 1. The van der Waals surface area contributed by atoms with E-state index in [9.17, 15) is 14.7 Å². The minimum Gasteiger partial charge on any atom is -0.477 e. The zero-order valence-corrected chi connectivity index (χ0v) is 14.4. The largest absolute Gasteiger partial charge is 0.477 e. The van der Waals surface area contributed by atoms with Crippen molar-refractivity contribution in [3.05, 3.63) is 15.6 Å². The third-order valence-corrected chi connectivity index (χ3v) is 5.22. The number of carboxylic acids is 1. The van der Waals surface area contributed by atoms with Crippen LogP contribution >= 0.6 is 11.3 Å². The van der Waals surface area contributed by atoms with Crippen LogP contribution in [0.4, 0.5) is 0 Å². The van der Waals surface area contributed by atoms with Gasteiger partial charge in [-0.15, -0.1) is 11.3 Å². The summed E-state index contributed by atoms with van der Waals surface area (Å²) in [6, 6.07) is 0. The maximum absolute atomic E-state index is 12.4. The molecule has 2 rings (SSSR count). The van der Waals surface area contributed by atoms with Gasteiger partial charge in [0.2, 0.25) is 5.91 Å². The molecule has 22 heavy (non-hydrogen) atoms. The number of aromatic nitrogens is 1. The number of carbonyl (C=O) groups is 2. The molecule has 6 nitrogen and oxygen atoms in total. The fourth-order valence-electron chi connectivity index (χ4n) is 2.27. The highest BCUT2D eigenvalue weighted by molar-refractivity contribution is 7.13. The quantitative estimate of drug-likeness (QED) is 0.910. The van der Waals surface area contributed by atoms with E-state index in [0.717, 1.165) is 18.1 Å². The number of nitrogens with zero attached hydrogens (tertiary/aromatic N) is 3. The van der Waals surface area contributed by atoms with Crippen LogP contribution in [-0.2, 0) is 16.6 Å². The average molecular weight is 325 g/mol. The lowest BCUT2D eigenvalue weighted by Gasteiger charge is -2.32. The van der Waals surface area contributed by atoms with Crippen molar-refractivity contribution in [1.82, 2.24) is 14.8 Å². The fourth-order valence-corrected chi connectivity index (χ4v) is 3.25. The maximum Gasteiger partial charge on any atom is 0.347 e. The molecule has 0 radical (unpaired) electrons. The van der Waals surface area contributed by atoms with Gasteiger partial charge in [0.25, 0.3) is 0 Å². The van der Waals surface area contributed by atoms with Crippen molar-refractivity contribution in [3.8, 4) is 0 Å². The molecule has 0 bridgehead atoms. The first kappa shape index (κ1) is 16.9. The average Bonchev–Trinajstić information content (AvgIpc) is 2.83. The van der Waals surface area contributed by atoms with Crippen LogP contribution in [0.1, 0.15) is 41.1 Å². The molecular weight excluding hydrogens is 302 g/mol. The van der Waals surface area contributed by atoms with Gasteiger partial charge in [0.1, 0.15) is 4.88 Å². The molecule has 0 unspecified atom stereocenters. The molecule has 0 aromatic carbocycles. The van der Waals surface area contributed by atoms with Gasteiger partial charge in [0, 0.05) is 31.6 Å². The first-order chi connectivity index (χ1) is 10.2. The predicted molar refractivity (Wildman–Crippen MR) is 85.6 cm³/mol. The molecule has 0 saturated carbocycles. The predicted octanol–water partition coefficient (Wildman–Crippen LogP) is 1.46. The van der Waals surface area contributed by atoms with E-state index in [4.69, 9.17) is 0 Å². The summed E-state index contributed by atoms with van der Waals surface area (Å²) >= 11 is 1.17.